The molecule has 2 amide bonds. The van der Waals surface area contributed by atoms with Crippen LogP contribution in [0.3, 0.4) is 0 Å². The summed E-state index contributed by atoms with van der Waals surface area (Å²) in [5, 5.41) is 6.38. The highest BCUT2D eigenvalue weighted by atomic mass is 16.5. The molecule has 2 saturated heterocycles. The van der Waals surface area contributed by atoms with Crippen molar-refractivity contribution in [2.24, 2.45) is 17.6 Å². The van der Waals surface area contributed by atoms with E-state index in [0.717, 1.165) is 74.3 Å². The number of carbonyl (C=O) groups excluding carboxylic acids is 2. The maximum absolute atomic E-state index is 13.7. The number of piperidine rings is 2. The lowest BCUT2D eigenvalue weighted by atomic mass is 9.88. The number of carbonyl (C=O) groups is 2. The highest BCUT2D eigenvalue weighted by molar-refractivity contribution is 5.96. The lowest BCUT2D eigenvalue weighted by Gasteiger charge is -2.32. The number of aromatic nitrogens is 3. The summed E-state index contributed by atoms with van der Waals surface area (Å²) < 4.78 is 10.2. The van der Waals surface area contributed by atoms with Crippen LogP contribution in [0.15, 0.2) is 36.5 Å². The van der Waals surface area contributed by atoms with Crippen LogP contribution in [0.25, 0.3) is 27.8 Å². The summed E-state index contributed by atoms with van der Waals surface area (Å²) in [7, 11) is 1.66. The summed E-state index contributed by atoms with van der Waals surface area (Å²) >= 11 is 0. The first-order valence-corrected chi connectivity index (χ1v) is 16.3. The van der Waals surface area contributed by atoms with Gasteiger partial charge in [-0.2, -0.15) is 5.10 Å². The molecule has 4 fully saturated rings. The zero-order valence-corrected chi connectivity index (χ0v) is 26.0. The first-order chi connectivity index (χ1) is 21.3. The van der Waals surface area contributed by atoms with E-state index in [1.807, 2.05) is 26.6 Å². The van der Waals surface area contributed by atoms with Crippen LogP contribution >= 0.6 is 0 Å². The van der Waals surface area contributed by atoms with Crippen molar-refractivity contribution in [3.8, 4) is 17.1 Å². The highest BCUT2D eigenvalue weighted by Crippen LogP contribution is 2.42. The van der Waals surface area contributed by atoms with Crippen LogP contribution in [0.2, 0.25) is 0 Å². The Hall–Kier alpha value is -3.85. The third-order valence-electron chi connectivity index (χ3n) is 11.0. The third kappa shape index (κ3) is 4.34. The van der Waals surface area contributed by atoms with Crippen LogP contribution in [-0.2, 0) is 11.3 Å². The van der Waals surface area contributed by atoms with Crippen molar-refractivity contribution in [1.29, 1.82) is 0 Å². The Morgan fingerprint density at radius 3 is 2.50 bits per heavy atom. The number of hydrogen-bond donors (Lipinski definition) is 1. The van der Waals surface area contributed by atoms with Crippen molar-refractivity contribution >= 4 is 28.2 Å². The molecule has 4 aliphatic rings. The van der Waals surface area contributed by atoms with Crippen LogP contribution in [0, 0.1) is 18.8 Å². The fourth-order valence-corrected chi connectivity index (χ4v) is 8.38. The number of para-hydroxylation sites is 1. The smallest absolute Gasteiger partial charge is 0.255 e. The Balaban J connectivity index is 1.22. The van der Waals surface area contributed by atoms with Crippen molar-refractivity contribution in [3.63, 3.8) is 0 Å². The van der Waals surface area contributed by atoms with Gasteiger partial charge in [0, 0.05) is 62.3 Å². The van der Waals surface area contributed by atoms with Crippen LogP contribution < -0.4 is 10.5 Å². The first-order valence-electron chi connectivity index (χ1n) is 16.3. The van der Waals surface area contributed by atoms with E-state index >= 15 is 0 Å². The summed E-state index contributed by atoms with van der Waals surface area (Å²) in [6.07, 6.45) is 8.42. The topological polar surface area (TPSA) is 98.1 Å². The molecule has 8 rings (SSSR count). The quantitative estimate of drug-likeness (QED) is 0.340. The number of ether oxygens (including phenoxy) is 1. The second-order valence-corrected chi connectivity index (χ2v) is 13.7. The van der Waals surface area contributed by atoms with Gasteiger partial charge in [0.1, 0.15) is 17.0 Å². The Labute approximate surface area is 257 Å². The van der Waals surface area contributed by atoms with E-state index in [2.05, 4.69) is 35.8 Å². The summed E-state index contributed by atoms with van der Waals surface area (Å²) in [5.74, 6) is 2.32. The first kappa shape index (κ1) is 27.7. The van der Waals surface area contributed by atoms with Gasteiger partial charge in [-0.3, -0.25) is 9.59 Å². The molecule has 2 saturated carbocycles. The fraction of sp³-hybridized carbons (Fsp3) is 0.514. The van der Waals surface area contributed by atoms with E-state index in [-0.39, 0.29) is 23.9 Å². The van der Waals surface area contributed by atoms with Gasteiger partial charge in [-0.25, -0.2) is 4.52 Å². The van der Waals surface area contributed by atoms with E-state index in [9.17, 15) is 9.59 Å². The monoisotopic (exact) mass is 594 g/mol. The molecule has 2 N–H and O–H groups in total. The molecule has 9 heteroatoms. The molecule has 44 heavy (non-hydrogen) atoms. The second-order valence-electron chi connectivity index (χ2n) is 13.7. The van der Waals surface area contributed by atoms with E-state index in [1.165, 1.54) is 29.3 Å². The number of hydrogen-bond acceptors (Lipinski definition) is 5. The molecule has 0 radical (unpaired) electrons. The van der Waals surface area contributed by atoms with Crippen molar-refractivity contribution in [2.45, 2.75) is 76.9 Å². The van der Waals surface area contributed by atoms with Crippen LogP contribution in [0.5, 0.6) is 5.75 Å². The Morgan fingerprint density at radius 1 is 1.05 bits per heavy atom. The van der Waals surface area contributed by atoms with E-state index in [1.54, 1.807) is 14.0 Å². The summed E-state index contributed by atoms with van der Waals surface area (Å²) in [4.78, 5) is 29.7. The normalized spacial score (nSPS) is 23.8. The number of nitrogens with zero attached hydrogens (tertiary/aromatic N) is 5. The van der Waals surface area contributed by atoms with Gasteiger partial charge in [0.2, 0.25) is 5.91 Å². The maximum atomic E-state index is 13.7. The number of rotatable bonds is 6. The average molecular weight is 595 g/mol. The fourth-order valence-electron chi connectivity index (χ4n) is 8.38. The molecule has 230 valence electrons. The average Bonchev–Trinajstić information content (AvgIpc) is 3.42. The molecular weight excluding hydrogens is 552 g/mol. The van der Waals surface area contributed by atoms with Crippen LogP contribution in [0.4, 0.5) is 0 Å². The highest BCUT2D eigenvalue weighted by Gasteiger charge is 2.47. The molecule has 4 aromatic rings. The number of methoxy groups -OCH3 is 1. The van der Waals surface area contributed by atoms with Gasteiger partial charge in [0.25, 0.3) is 5.91 Å². The number of likely N-dealkylation sites (tertiary alicyclic amines) is 2. The van der Waals surface area contributed by atoms with Crippen molar-refractivity contribution in [3.05, 3.63) is 53.2 Å². The molecule has 3 atom stereocenters. The molecule has 1 aromatic carbocycles. The number of aryl methyl sites for hydroxylation is 1. The molecule has 2 unspecified atom stereocenters. The molecule has 2 bridgehead atoms. The largest absolute Gasteiger partial charge is 0.494 e. The number of pyridine rings is 1. The lowest BCUT2D eigenvalue weighted by molar-refractivity contribution is -0.129. The van der Waals surface area contributed by atoms with Crippen LogP contribution in [-0.4, -0.2) is 74.6 Å². The van der Waals surface area contributed by atoms with Gasteiger partial charge >= 0.3 is 0 Å². The van der Waals surface area contributed by atoms with E-state index in [4.69, 9.17) is 15.6 Å². The van der Waals surface area contributed by atoms with Crippen LogP contribution in [0.1, 0.15) is 72.9 Å². The molecule has 3 aromatic heterocycles. The number of amides is 2. The van der Waals surface area contributed by atoms with Gasteiger partial charge in [-0.1, -0.05) is 18.2 Å². The SMILES string of the molecule is COc1cc(C(=O)N2CC3CCC2[C@@H]3N)cn2nc(-c3cc4cccc(C5CCN(C(C)=O)CC5)c4n3CC3CC3)c(C)c12. The Morgan fingerprint density at radius 2 is 1.84 bits per heavy atom. The molecule has 2 aliphatic heterocycles. The summed E-state index contributed by atoms with van der Waals surface area (Å²) in [6.45, 7) is 7.09. The van der Waals surface area contributed by atoms with Gasteiger partial charge in [-0.05, 0) is 80.9 Å². The van der Waals surface area contributed by atoms with Gasteiger partial charge in [-0.15, -0.1) is 0 Å². The van der Waals surface area contributed by atoms with Crippen molar-refractivity contribution < 1.29 is 14.3 Å². The standard InChI is InChI=1S/C35H42N6O3/c1-20-32(37-41-19-26(16-30(44-3)33(20)41)35(43)40-18-25-9-10-28(40)31(25)36)29-15-24-5-4-6-27(34(24)39(29)17-22-7-8-22)23-11-13-38(14-12-23)21(2)42/h4-6,15-16,19,22-23,25,28,31H,7-14,17-18,36H2,1-3H3/t25?,28?,31-/m1/s1. The zero-order chi connectivity index (χ0) is 30.3. The van der Waals surface area contributed by atoms with Crippen molar-refractivity contribution in [2.75, 3.05) is 26.7 Å². The third-order valence-corrected chi connectivity index (χ3v) is 11.0. The Kier molecular flexibility index (Phi) is 6.52. The number of fused-ring (bicyclic) bond motifs is 4. The van der Waals surface area contributed by atoms with E-state index < -0.39 is 0 Å². The number of nitrogens with two attached hydrogens (primary N) is 1. The maximum Gasteiger partial charge on any atom is 0.255 e. The van der Waals surface area contributed by atoms with Crippen molar-refractivity contribution in [1.82, 2.24) is 24.0 Å². The predicted octanol–water partition coefficient (Wildman–Crippen LogP) is 4.97. The molecule has 0 spiro atoms. The predicted molar refractivity (Wildman–Crippen MR) is 170 cm³/mol. The molecular formula is C35H42N6O3. The minimum atomic E-state index is 0.00543. The Bertz CT molecular complexity index is 1790. The number of benzene rings is 1. The zero-order valence-electron chi connectivity index (χ0n) is 26.0. The molecule has 5 heterocycles. The lowest BCUT2D eigenvalue weighted by Crippen LogP contribution is -2.41. The summed E-state index contributed by atoms with van der Waals surface area (Å²) in [6, 6.07) is 11.0. The minimum Gasteiger partial charge on any atom is -0.494 e. The molecule has 9 nitrogen and oxygen atoms in total. The molecule has 2 aliphatic carbocycles. The van der Waals surface area contributed by atoms with E-state index in [0.29, 0.717) is 29.1 Å². The van der Waals surface area contributed by atoms with Gasteiger partial charge < -0.3 is 24.8 Å². The van der Waals surface area contributed by atoms with Gasteiger partial charge in [0.15, 0.2) is 0 Å². The second kappa shape index (κ2) is 10.4. The summed E-state index contributed by atoms with van der Waals surface area (Å²) in [5.41, 5.74) is 13.7. The minimum absolute atomic E-state index is 0.00543. The van der Waals surface area contributed by atoms with Gasteiger partial charge in [0.05, 0.1) is 23.9 Å².